The molecule has 0 amide bonds. The summed E-state index contributed by atoms with van der Waals surface area (Å²) in [5, 5.41) is 3.30. The zero-order valence-corrected chi connectivity index (χ0v) is 12.5. The predicted octanol–water partition coefficient (Wildman–Crippen LogP) is 2.99. The molecule has 0 bridgehead atoms. The minimum Gasteiger partial charge on any atom is -0.379 e. The fraction of sp³-hybridized carbons (Fsp3) is 1.00. The van der Waals surface area contributed by atoms with Gasteiger partial charge in [0.15, 0.2) is 0 Å². The predicted molar refractivity (Wildman–Crippen MR) is 76.0 cm³/mol. The summed E-state index contributed by atoms with van der Waals surface area (Å²) in [6.45, 7) is 7.51. The van der Waals surface area contributed by atoms with Crippen LogP contribution in [0.5, 0.6) is 0 Å². The van der Waals surface area contributed by atoms with Crippen molar-refractivity contribution in [3.63, 3.8) is 0 Å². The number of nitrogens with one attached hydrogen (secondary N) is 1. The van der Waals surface area contributed by atoms with Gasteiger partial charge in [-0.15, -0.1) is 0 Å². The molecule has 0 aromatic rings. The molecule has 3 heteroatoms. The maximum Gasteiger partial charge on any atom is 0.0807 e. The van der Waals surface area contributed by atoms with E-state index in [0.717, 1.165) is 32.3 Å². The van der Waals surface area contributed by atoms with Gasteiger partial charge in [0.25, 0.3) is 0 Å². The first kappa shape index (κ1) is 15.9. The fourth-order valence-corrected chi connectivity index (χ4v) is 3.06. The molecule has 3 nitrogen and oxygen atoms in total. The third-order valence-corrected chi connectivity index (χ3v) is 4.05. The Morgan fingerprint density at radius 2 is 1.89 bits per heavy atom. The second kappa shape index (κ2) is 8.89. The van der Waals surface area contributed by atoms with Crippen molar-refractivity contribution in [2.45, 2.75) is 58.0 Å². The van der Waals surface area contributed by atoms with E-state index in [-0.39, 0.29) is 5.60 Å². The largest absolute Gasteiger partial charge is 0.379 e. The van der Waals surface area contributed by atoms with Gasteiger partial charge in [-0.2, -0.15) is 0 Å². The Bertz CT molecular complexity index is 195. The highest BCUT2D eigenvalue weighted by Gasteiger charge is 2.35. The molecule has 0 unspecified atom stereocenters. The molecule has 1 fully saturated rings. The van der Waals surface area contributed by atoms with Gasteiger partial charge in [0, 0.05) is 13.2 Å². The number of hydrogen-bond donors (Lipinski definition) is 1. The van der Waals surface area contributed by atoms with Crippen LogP contribution >= 0.6 is 0 Å². The summed E-state index contributed by atoms with van der Waals surface area (Å²) >= 11 is 0. The van der Waals surface area contributed by atoms with Gasteiger partial charge < -0.3 is 14.8 Å². The van der Waals surface area contributed by atoms with E-state index < -0.39 is 0 Å². The summed E-state index contributed by atoms with van der Waals surface area (Å²) in [6.07, 6.45) is 7.74. The van der Waals surface area contributed by atoms with Crippen molar-refractivity contribution in [2.24, 2.45) is 5.92 Å². The lowest BCUT2D eigenvalue weighted by Gasteiger charge is -2.40. The maximum atomic E-state index is 6.15. The van der Waals surface area contributed by atoms with Gasteiger partial charge >= 0.3 is 0 Å². The first-order valence-corrected chi connectivity index (χ1v) is 7.62. The van der Waals surface area contributed by atoms with E-state index in [1.807, 2.05) is 14.0 Å². The van der Waals surface area contributed by atoms with Gasteiger partial charge in [-0.1, -0.05) is 19.8 Å². The van der Waals surface area contributed by atoms with Crippen LogP contribution in [0.2, 0.25) is 0 Å². The van der Waals surface area contributed by atoms with Crippen LogP contribution < -0.4 is 5.32 Å². The van der Waals surface area contributed by atoms with E-state index in [2.05, 4.69) is 12.2 Å². The van der Waals surface area contributed by atoms with Gasteiger partial charge in [-0.25, -0.2) is 0 Å². The molecule has 1 aliphatic carbocycles. The summed E-state index contributed by atoms with van der Waals surface area (Å²) < 4.78 is 11.5. The second-order valence-electron chi connectivity index (χ2n) is 5.49. The molecule has 0 atom stereocenters. The second-order valence-corrected chi connectivity index (χ2v) is 5.49. The molecule has 1 N–H and O–H groups in total. The fourth-order valence-electron chi connectivity index (χ4n) is 3.06. The Balaban J connectivity index is 2.35. The summed E-state index contributed by atoms with van der Waals surface area (Å²) in [6, 6.07) is 0. The molecule has 18 heavy (non-hydrogen) atoms. The van der Waals surface area contributed by atoms with Crippen LogP contribution in [-0.4, -0.2) is 39.0 Å². The maximum absolute atomic E-state index is 6.15. The lowest BCUT2D eigenvalue weighted by atomic mass is 9.77. The first-order valence-electron chi connectivity index (χ1n) is 7.62. The lowest BCUT2D eigenvalue weighted by molar-refractivity contribution is -0.0915. The quantitative estimate of drug-likeness (QED) is 0.644. The molecule has 1 saturated carbocycles. The standard InChI is InChI=1S/C15H31NO2/c1-4-6-14-7-9-15(10-8-14,13-16-3)18-12-11-17-5-2/h14,16H,4-13H2,1-3H3. The Morgan fingerprint density at radius 1 is 1.17 bits per heavy atom. The van der Waals surface area contributed by atoms with Crippen molar-refractivity contribution in [3.05, 3.63) is 0 Å². The average Bonchev–Trinajstić information content (AvgIpc) is 2.38. The SMILES string of the molecule is CCCC1CCC(CNC)(OCCOCC)CC1. The Morgan fingerprint density at radius 3 is 2.44 bits per heavy atom. The van der Waals surface area contributed by atoms with Crippen molar-refractivity contribution in [3.8, 4) is 0 Å². The van der Waals surface area contributed by atoms with Crippen LogP contribution in [0.3, 0.4) is 0 Å². The summed E-state index contributed by atoms with van der Waals surface area (Å²) in [4.78, 5) is 0. The van der Waals surface area contributed by atoms with Crippen LogP contribution in [0.15, 0.2) is 0 Å². The normalized spacial score (nSPS) is 28.5. The summed E-state index contributed by atoms with van der Waals surface area (Å²) in [5.41, 5.74) is 0.0656. The molecular formula is C15H31NO2. The average molecular weight is 257 g/mol. The van der Waals surface area contributed by atoms with Crippen molar-refractivity contribution < 1.29 is 9.47 Å². The van der Waals surface area contributed by atoms with Crippen LogP contribution in [0, 0.1) is 5.92 Å². The molecule has 108 valence electrons. The topological polar surface area (TPSA) is 30.5 Å². The number of hydrogen-bond acceptors (Lipinski definition) is 3. The Kier molecular flexibility index (Phi) is 7.87. The number of likely N-dealkylation sites (N-methyl/N-ethyl adjacent to an activating group) is 1. The van der Waals surface area contributed by atoms with Crippen molar-refractivity contribution in [2.75, 3.05) is 33.4 Å². The van der Waals surface area contributed by atoms with Crippen LogP contribution in [0.25, 0.3) is 0 Å². The van der Waals surface area contributed by atoms with E-state index in [4.69, 9.17) is 9.47 Å². The van der Waals surface area contributed by atoms with E-state index in [1.165, 1.54) is 38.5 Å². The van der Waals surface area contributed by atoms with Gasteiger partial charge in [0.2, 0.25) is 0 Å². The molecule has 0 radical (unpaired) electrons. The molecule has 0 saturated heterocycles. The van der Waals surface area contributed by atoms with Crippen molar-refractivity contribution >= 4 is 0 Å². The first-order chi connectivity index (χ1) is 8.76. The minimum atomic E-state index is 0.0656. The van der Waals surface area contributed by atoms with Gasteiger partial charge in [0.05, 0.1) is 18.8 Å². The molecule has 0 aromatic carbocycles. The van der Waals surface area contributed by atoms with E-state index in [9.17, 15) is 0 Å². The van der Waals surface area contributed by atoms with E-state index >= 15 is 0 Å². The van der Waals surface area contributed by atoms with E-state index in [0.29, 0.717) is 0 Å². The molecule has 1 aliphatic rings. The molecule has 1 rings (SSSR count). The van der Waals surface area contributed by atoms with Crippen molar-refractivity contribution in [1.82, 2.24) is 5.32 Å². The Hall–Kier alpha value is -0.120. The van der Waals surface area contributed by atoms with Gasteiger partial charge in [-0.05, 0) is 45.6 Å². The zero-order chi connectivity index (χ0) is 13.3. The smallest absolute Gasteiger partial charge is 0.0807 e. The van der Waals surface area contributed by atoms with Crippen LogP contribution in [0.4, 0.5) is 0 Å². The van der Waals surface area contributed by atoms with E-state index in [1.54, 1.807) is 0 Å². The molecular weight excluding hydrogens is 226 g/mol. The molecule has 0 heterocycles. The highest BCUT2D eigenvalue weighted by atomic mass is 16.5. The molecule has 0 aliphatic heterocycles. The van der Waals surface area contributed by atoms with Crippen LogP contribution in [-0.2, 0) is 9.47 Å². The molecule has 0 aromatic heterocycles. The monoisotopic (exact) mass is 257 g/mol. The minimum absolute atomic E-state index is 0.0656. The third-order valence-electron chi connectivity index (χ3n) is 4.05. The van der Waals surface area contributed by atoms with Gasteiger partial charge in [-0.3, -0.25) is 0 Å². The number of rotatable bonds is 9. The highest BCUT2D eigenvalue weighted by Crippen LogP contribution is 2.36. The highest BCUT2D eigenvalue weighted by molar-refractivity contribution is 4.89. The van der Waals surface area contributed by atoms with Crippen molar-refractivity contribution in [1.29, 1.82) is 0 Å². The summed E-state index contributed by atoms with van der Waals surface area (Å²) in [7, 11) is 2.02. The zero-order valence-electron chi connectivity index (χ0n) is 12.5. The van der Waals surface area contributed by atoms with Crippen LogP contribution in [0.1, 0.15) is 52.4 Å². The number of ether oxygens (including phenoxy) is 2. The Labute approximate surface area is 113 Å². The summed E-state index contributed by atoms with van der Waals surface area (Å²) in [5.74, 6) is 0.926. The lowest BCUT2D eigenvalue weighted by Crippen LogP contribution is -2.45. The third kappa shape index (κ3) is 5.25. The van der Waals surface area contributed by atoms with Gasteiger partial charge in [0.1, 0.15) is 0 Å². The molecule has 0 spiro atoms.